The van der Waals surface area contributed by atoms with E-state index in [1.165, 1.54) is 234 Å². The largest absolute Gasteiger partial charge is 1.00 e. The number of hydrogen-bond donors (Lipinski definition) is 4. The van der Waals surface area contributed by atoms with Crippen LogP contribution in [0.15, 0.2) is 121 Å². The van der Waals surface area contributed by atoms with Gasteiger partial charge in [-0.05, 0) is 153 Å². The van der Waals surface area contributed by atoms with Gasteiger partial charge in [0.05, 0.1) is 54.4 Å². The molecule has 0 aliphatic carbocycles. The van der Waals surface area contributed by atoms with E-state index in [1.807, 2.05) is 137 Å². The minimum Gasteiger partial charge on any atom is -1.00 e. The molecule has 12 rings (SSSR count). The summed E-state index contributed by atoms with van der Waals surface area (Å²) in [6.45, 7) is 15.4. The smallest absolute Gasteiger partial charge is 0.261 e. The number of halogens is 2. The summed E-state index contributed by atoms with van der Waals surface area (Å²) in [7, 11) is 23.7. The number of nitrogens with zero attached hydrogens (tertiary/aromatic N) is 8. The van der Waals surface area contributed by atoms with E-state index in [1.54, 1.807) is 33.7 Å². The summed E-state index contributed by atoms with van der Waals surface area (Å²) in [4.78, 5) is 119. The SMILES string of the molecule is CCCCCCCCCCCCCCCC[N+](C)(C)CCCNc1ccc2c3c(cccc13)C(=O)N(CCSSCCN1C(=O)c3cccc4c(NCCC[N+](C)(C)CCCCCCCCCCCCCCCC)ccc(c34)C1=O)C2=O.CN(C)CCCNc1ccc2c3c(cccc13)C(=O)N(CCSSCCN1C(=O)c3cccc4c(NCCCN(C)C)ccc(c34)C1=O)C2=O.[Br-].[Br-]. The zero-order valence-corrected chi connectivity index (χ0v) is 88.6. The van der Waals surface area contributed by atoms with E-state index in [0.29, 0.717) is 78.3 Å². The van der Waals surface area contributed by atoms with Crippen LogP contribution in [0, 0.1) is 0 Å². The molecule has 8 amide bonds. The fourth-order valence-electron chi connectivity index (χ4n) is 19.2. The highest BCUT2D eigenvalue weighted by Crippen LogP contribution is 2.41. The van der Waals surface area contributed by atoms with E-state index in [9.17, 15) is 38.4 Å². The number of hydrogen-bond acceptors (Lipinski definition) is 18. The lowest BCUT2D eigenvalue weighted by Gasteiger charge is -2.30. The quantitative estimate of drug-likeness (QED) is 0.0121. The van der Waals surface area contributed by atoms with Crippen molar-refractivity contribution < 1.29 is 81.3 Å². The van der Waals surface area contributed by atoms with E-state index >= 15 is 0 Å². The van der Waals surface area contributed by atoms with Gasteiger partial charge in [-0.25, -0.2) is 0 Å². The highest BCUT2D eigenvalue weighted by molar-refractivity contribution is 8.77. The number of benzene rings is 8. The molecule has 8 aromatic carbocycles. The van der Waals surface area contributed by atoms with Gasteiger partial charge in [0.2, 0.25) is 0 Å². The van der Waals surface area contributed by atoms with Crippen LogP contribution in [0.25, 0.3) is 43.1 Å². The number of carbonyl (C=O) groups is 8. The van der Waals surface area contributed by atoms with Gasteiger partial charge in [-0.1, -0.05) is 260 Å². The lowest BCUT2D eigenvalue weighted by molar-refractivity contribution is -0.890. The second-order valence-electron chi connectivity index (χ2n) is 38.6. The first-order valence-electron chi connectivity index (χ1n) is 50.1. The maximum Gasteiger partial charge on any atom is 0.261 e. The number of imide groups is 4. The van der Waals surface area contributed by atoms with Crippen molar-refractivity contribution in [3.05, 3.63) is 166 Å². The molecule has 4 heterocycles. The molecule has 4 N–H and O–H groups in total. The number of quaternary nitrogens is 2. The fourth-order valence-corrected chi connectivity index (χ4v) is 23.0. The monoisotopic (exact) mass is 2030 g/mol. The average Bonchev–Trinajstić information content (AvgIpc) is 0.757. The summed E-state index contributed by atoms with van der Waals surface area (Å²) in [5.74, 6) is -0.109. The van der Waals surface area contributed by atoms with E-state index < -0.39 is 0 Å². The number of anilines is 4. The molecule has 134 heavy (non-hydrogen) atoms. The van der Waals surface area contributed by atoms with Crippen molar-refractivity contribution in [1.29, 1.82) is 0 Å². The Balaban J connectivity index is 0.000000331. The van der Waals surface area contributed by atoms with Crippen LogP contribution >= 0.6 is 43.2 Å². The Morgan fingerprint density at radius 3 is 0.664 bits per heavy atom. The molecule has 0 saturated carbocycles. The number of carbonyl (C=O) groups excluding carboxylic acids is 8. The maximum atomic E-state index is 13.9. The molecular formula is C108H154Br2N12O8S4. The Labute approximate surface area is 837 Å². The summed E-state index contributed by atoms with van der Waals surface area (Å²) in [5, 5.41) is 20.7. The van der Waals surface area contributed by atoms with E-state index in [-0.39, 0.29) is 107 Å². The molecule has 0 spiro atoms. The Bertz CT molecular complexity index is 4770. The first-order chi connectivity index (χ1) is 64.0. The zero-order chi connectivity index (χ0) is 93.8. The molecule has 0 bridgehead atoms. The van der Waals surface area contributed by atoms with Crippen molar-refractivity contribution in [3.8, 4) is 0 Å². The highest BCUT2D eigenvalue weighted by Gasteiger charge is 2.38. The van der Waals surface area contributed by atoms with Crippen molar-refractivity contribution in [3.63, 3.8) is 0 Å². The summed E-state index contributed by atoms with van der Waals surface area (Å²) in [6.07, 6.45) is 42.7. The number of amides is 8. The number of rotatable bonds is 64. The normalized spacial score (nSPS) is 13.6. The average molecular weight is 2040 g/mol. The molecule has 0 atom stereocenters. The summed E-state index contributed by atoms with van der Waals surface area (Å²) in [5.41, 5.74) is 8.14. The molecule has 0 fully saturated rings. The molecule has 4 aliphatic rings. The van der Waals surface area contributed by atoms with Gasteiger partial charge in [-0.3, -0.25) is 58.0 Å². The molecule has 0 unspecified atom stereocenters. The summed E-state index contributed by atoms with van der Waals surface area (Å²) < 4.78 is 2.03. The van der Waals surface area contributed by atoms with E-state index in [2.05, 4.69) is 73.1 Å². The molecule has 0 radical (unpaired) electrons. The minimum absolute atomic E-state index is 0. The predicted molar refractivity (Wildman–Crippen MR) is 561 cm³/mol. The third-order valence-corrected chi connectivity index (χ3v) is 31.4. The van der Waals surface area contributed by atoms with E-state index in [4.69, 9.17) is 0 Å². The van der Waals surface area contributed by atoms with Gasteiger partial charge in [-0.15, -0.1) is 0 Å². The maximum absolute atomic E-state index is 13.9. The molecule has 4 aliphatic heterocycles. The first kappa shape index (κ1) is 110. The molecule has 0 aromatic heterocycles. The van der Waals surface area contributed by atoms with Crippen molar-refractivity contribution in [1.82, 2.24) is 29.4 Å². The van der Waals surface area contributed by atoms with Crippen LogP contribution in [0.1, 0.15) is 302 Å². The predicted octanol–water partition coefficient (Wildman–Crippen LogP) is 18.0. The Morgan fingerprint density at radius 1 is 0.254 bits per heavy atom. The molecular weight excluding hydrogens is 1880 g/mol. The van der Waals surface area contributed by atoms with Gasteiger partial charge in [0.15, 0.2) is 0 Å². The van der Waals surface area contributed by atoms with Crippen molar-refractivity contribution in [2.45, 2.75) is 219 Å². The van der Waals surface area contributed by atoms with Gasteiger partial charge in [0.25, 0.3) is 47.3 Å². The van der Waals surface area contributed by atoms with Gasteiger partial charge in [0, 0.05) is 199 Å². The molecule has 26 heteroatoms. The van der Waals surface area contributed by atoms with Crippen LogP contribution in [0.5, 0.6) is 0 Å². The molecule has 8 aromatic rings. The second kappa shape index (κ2) is 57.3. The van der Waals surface area contributed by atoms with Crippen LogP contribution in [0.2, 0.25) is 0 Å². The zero-order valence-electron chi connectivity index (χ0n) is 82.1. The van der Waals surface area contributed by atoms with Crippen molar-refractivity contribution in [2.24, 2.45) is 0 Å². The third kappa shape index (κ3) is 31.4. The van der Waals surface area contributed by atoms with Crippen LogP contribution in [0.3, 0.4) is 0 Å². The van der Waals surface area contributed by atoms with E-state index in [0.717, 1.165) is 142 Å². The molecule has 732 valence electrons. The second-order valence-corrected chi connectivity index (χ2v) is 44.0. The van der Waals surface area contributed by atoms with Crippen LogP contribution in [0.4, 0.5) is 22.7 Å². The van der Waals surface area contributed by atoms with Crippen molar-refractivity contribution in [2.75, 3.05) is 192 Å². The van der Waals surface area contributed by atoms with Crippen LogP contribution in [-0.4, -0.2) is 257 Å². The Morgan fingerprint density at radius 2 is 0.448 bits per heavy atom. The summed E-state index contributed by atoms with van der Waals surface area (Å²) >= 11 is 0. The van der Waals surface area contributed by atoms with Gasteiger partial charge >= 0.3 is 0 Å². The van der Waals surface area contributed by atoms with Crippen LogP contribution < -0.4 is 55.2 Å². The standard InChI is InChI=1S/C70H108N6O4S2.C38H44N6O4S2.2BrH/c1-7-9-11-13-15-17-19-21-23-25-27-29-31-33-51-75(3,4)53-37-47-71-63-45-43-61-65-57(63)39-35-41-59(65)67(77)73(69(61)79)49-55-81-82-56-50-74-68(78)60-42-36-40-58-64(46-44-62(66(58)60)70(74)80)72-48-38-54-76(5,6)52-34-32-30-28-26-24-22-20-18-16-14-12-10-8-2;1-41(2)19-7-17-39-31-15-13-29-33-25(31)9-5-11-27(33)35(45)43(37(29)47)21-23-49-50-24-22-44-36(46)28-12-6-10-26-32(40-18-8-20-42(3)4)16-14-30(34(26)28)38(44)48;;/h35-36,39-46H,7-34,37-38,47-56H2,1-6H3;5-6,9-16,39-40H,7-8,17-24H2,1-4H3;2*1H. The molecule has 0 saturated heterocycles. The van der Waals surface area contributed by atoms with Gasteiger partial charge in [-0.2, -0.15) is 0 Å². The molecule has 20 nitrogen and oxygen atoms in total. The number of nitrogens with one attached hydrogen (secondary N) is 4. The lowest BCUT2D eigenvalue weighted by Crippen LogP contribution is -3.00. The minimum atomic E-state index is -0.285. The fraction of sp³-hybridized carbons (Fsp3) is 0.556. The van der Waals surface area contributed by atoms with Gasteiger partial charge < -0.3 is 74.0 Å². The van der Waals surface area contributed by atoms with Crippen LogP contribution in [-0.2, 0) is 0 Å². The number of unbranched alkanes of at least 4 members (excludes halogenated alkanes) is 26. The highest BCUT2D eigenvalue weighted by atomic mass is 79.9. The first-order valence-corrected chi connectivity index (χ1v) is 55.1. The Kier molecular flexibility index (Phi) is 47.2. The summed E-state index contributed by atoms with van der Waals surface area (Å²) in [6, 6.07) is 38.0. The Hall–Kier alpha value is -7.24. The lowest BCUT2D eigenvalue weighted by atomic mass is 9.93. The third-order valence-electron chi connectivity index (χ3n) is 26.7. The van der Waals surface area contributed by atoms with Crippen molar-refractivity contribution >= 4 is 156 Å². The topological polar surface area (TPSA) is 204 Å². The van der Waals surface area contributed by atoms with Gasteiger partial charge in [0.1, 0.15) is 0 Å².